The highest BCUT2D eigenvalue weighted by Gasteiger charge is 2.54. The third-order valence-corrected chi connectivity index (χ3v) is 20.8. The van der Waals surface area contributed by atoms with Gasteiger partial charge in [0.2, 0.25) is 27.2 Å². The number of aromatic hydroxyl groups is 2. The van der Waals surface area contributed by atoms with Crippen LogP contribution in [0.1, 0.15) is 183 Å². The second kappa shape index (κ2) is 38.3. The monoisotopic (exact) mass is 1440 g/mol. The van der Waals surface area contributed by atoms with Crippen LogP contribution in [0.5, 0.6) is 23.0 Å². The van der Waals surface area contributed by atoms with Gasteiger partial charge in [-0.05, 0) is 120 Å². The molecule has 0 saturated carbocycles. The molecule has 0 unspecified atom stereocenters. The lowest BCUT2D eigenvalue weighted by molar-refractivity contribution is -0.121. The number of nitrogens with one attached hydrogen (secondary N) is 3. The lowest BCUT2D eigenvalue weighted by atomic mass is 9.77. The molecule has 540 valence electrons. The number of ether oxygens (including phenoxy) is 2. The molecule has 0 radical (unpaired) electrons. The van der Waals surface area contributed by atoms with Crippen LogP contribution >= 0.6 is 0 Å². The number of esters is 1. The molecule has 3 heterocycles. The SMILES string of the molecule is CCN(CC)c1ccc2c(-c3ccc(S(=O)(=O)NCCC(=O)NCCCCCCCCCCC=O)cc3S(=O)(=O)O)c3ccc(=[N+](CC)CC)cc-3oc2c1.O=CCCCCCCCCCCNC(=O)CCN=S=C=Nc1ccc2c(c1)C(=O)OC21c2ccc(O)cc2Oc2cc(O)ccc21. The Morgan fingerprint density at radius 3 is 1.76 bits per heavy atom. The Hall–Kier alpha value is -8.84. The molecule has 9 rings (SSSR count). The van der Waals surface area contributed by atoms with Crippen molar-refractivity contribution in [1.82, 2.24) is 19.9 Å². The van der Waals surface area contributed by atoms with Crippen molar-refractivity contribution in [3.63, 3.8) is 0 Å². The maximum Gasteiger partial charge on any atom is 0.340 e. The summed E-state index contributed by atoms with van der Waals surface area (Å²) < 4.78 is 90.7. The van der Waals surface area contributed by atoms with Crippen LogP contribution in [0.3, 0.4) is 0 Å². The highest BCUT2D eigenvalue weighted by atomic mass is 32.2. The second-order valence-corrected chi connectivity index (χ2v) is 28.7. The summed E-state index contributed by atoms with van der Waals surface area (Å²) in [6, 6.07) is 29.4. The number of phenols is 2. The quantitative estimate of drug-likeness (QED) is 0.00306. The first-order valence-electron chi connectivity index (χ1n) is 35.2. The number of fused-ring (bicyclic) bond motifs is 8. The van der Waals surface area contributed by atoms with Crippen LogP contribution in [0, 0.1) is 0 Å². The highest BCUT2D eigenvalue weighted by molar-refractivity contribution is 7.89. The molecule has 0 saturated heterocycles. The van der Waals surface area contributed by atoms with E-state index in [9.17, 15) is 55.6 Å². The Kier molecular flexibility index (Phi) is 29.5. The average molecular weight is 1440 g/mol. The normalized spacial score (nSPS) is 12.6. The number of aliphatic imine (C=N–C) groups is 1. The second-order valence-electron chi connectivity index (χ2n) is 24.9. The van der Waals surface area contributed by atoms with E-state index in [0.717, 1.165) is 150 Å². The van der Waals surface area contributed by atoms with Gasteiger partial charge in [-0.2, -0.15) is 13.4 Å². The van der Waals surface area contributed by atoms with Gasteiger partial charge in [0.1, 0.15) is 64.9 Å². The van der Waals surface area contributed by atoms with E-state index in [1.54, 1.807) is 30.3 Å². The fourth-order valence-electron chi connectivity index (χ4n) is 12.7. The molecule has 0 bridgehead atoms. The number of benzene rings is 6. The Labute approximate surface area is 595 Å². The molecule has 0 fully saturated rings. The number of anilines is 1. The van der Waals surface area contributed by atoms with Crippen LogP contribution in [0.2, 0.25) is 0 Å². The van der Waals surface area contributed by atoms with Crippen molar-refractivity contribution in [2.75, 3.05) is 57.3 Å². The molecule has 2 amide bonds. The summed E-state index contributed by atoms with van der Waals surface area (Å²) in [6.45, 7) is 12.6. The van der Waals surface area contributed by atoms with Crippen LogP contribution in [-0.4, -0.2) is 119 Å². The van der Waals surface area contributed by atoms with Gasteiger partial charge >= 0.3 is 5.97 Å². The molecule has 101 heavy (non-hydrogen) atoms. The maximum atomic E-state index is 13.4. The van der Waals surface area contributed by atoms with Crippen molar-refractivity contribution in [2.45, 2.75) is 172 Å². The zero-order valence-electron chi connectivity index (χ0n) is 58.1. The van der Waals surface area contributed by atoms with Crippen LogP contribution in [0.15, 0.2) is 133 Å². The minimum absolute atomic E-state index is 0.0111. The summed E-state index contributed by atoms with van der Waals surface area (Å²) >= 11 is 1.01. The highest BCUT2D eigenvalue weighted by Crippen LogP contribution is 2.57. The molecule has 6 N–H and O–H groups in total. The molecule has 1 aliphatic carbocycles. The Bertz CT molecular complexity index is 4390. The Morgan fingerprint density at radius 2 is 1.19 bits per heavy atom. The van der Waals surface area contributed by atoms with Gasteiger partial charge in [0.15, 0.2) is 5.60 Å². The standard InChI is InChI=1S/C41H56N4O8S2.C35H37N3O7S/c1-5-44(6-2)31-18-21-34-37(28-31)53-38-29-32(45(7-3)8-4)19-22-35(38)41(34)36-23-20-33(30-39(36)55(50,51)52)54(48,49)43-26-24-40(47)42-25-16-14-12-10-9-11-13-15-17-27-46;39-19-9-7-5-3-1-2-4-6-8-17-36-33(42)16-18-38-46-23-37-24-10-13-28-27(20-24)34(43)45-35(28)29-14-11-25(40)21-31(29)44-32-22-26(41)12-15-30(32)35/h18-23,27-30,43H,5-17,24-26H2,1-4H3,(H-,42,47,50,51,52);10-15,19-22,40-41H,1-9,16-18H2,(H,36,42)/p+1. The summed E-state index contributed by atoms with van der Waals surface area (Å²) in [6.07, 6.45) is 20.5. The van der Waals surface area contributed by atoms with Crippen molar-refractivity contribution in [3.05, 3.63) is 137 Å². The first kappa shape index (κ1) is 77.9. The van der Waals surface area contributed by atoms with Crippen molar-refractivity contribution < 1.29 is 69.5 Å². The zero-order valence-corrected chi connectivity index (χ0v) is 60.5. The largest absolute Gasteiger partial charge is 0.508 e. The van der Waals surface area contributed by atoms with Gasteiger partial charge in [0, 0.05) is 138 Å². The molecule has 4 aliphatic rings. The van der Waals surface area contributed by atoms with Gasteiger partial charge in [-0.15, -0.1) is 0 Å². The van der Waals surface area contributed by atoms with Crippen LogP contribution in [-0.2, 0) is 60.8 Å². The van der Waals surface area contributed by atoms with Crippen LogP contribution < -0.4 is 34.9 Å². The lowest BCUT2D eigenvalue weighted by Gasteiger charge is -2.36. The first-order valence-corrected chi connectivity index (χ1v) is 38.9. The third-order valence-electron chi connectivity index (χ3n) is 18.0. The number of aldehydes is 2. The van der Waals surface area contributed by atoms with Crippen molar-refractivity contribution >= 4 is 89.1 Å². The number of carbonyl (C=O) groups is 5. The van der Waals surface area contributed by atoms with Gasteiger partial charge in [0.25, 0.3) is 10.1 Å². The number of phenolic OH excluding ortho intramolecular Hbond substituents is 2. The molecular formula is C76H94N7O15S3+. The fourth-order valence-corrected chi connectivity index (χ4v) is 15.0. The van der Waals surface area contributed by atoms with E-state index in [2.05, 4.69) is 67.0 Å². The summed E-state index contributed by atoms with van der Waals surface area (Å²) in [5.41, 5.74) is 3.77. The topological polar surface area (TPSA) is 313 Å². The molecule has 22 nitrogen and oxygen atoms in total. The summed E-state index contributed by atoms with van der Waals surface area (Å²) in [7, 11) is -9.20. The predicted molar refractivity (Wildman–Crippen MR) is 393 cm³/mol. The van der Waals surface area contributed by atoms with E-state index >= 15 is 0 Å². The van der Waals surface area contributed by atoms with E-state index in [-0.39, 0.29) is 53.2 Å². The van der Waals surface area contributed by atoms with E-state index in [4.69, 9.17) is 13.9 Å². The molecule has 3 aliphatic heterocycles. The van der Waals surface area contributed by atoms with Crippen molar-refractivity contribution in [3.8, 4) is 45.4 Å². The summed E-state index contributed by atoms with van der Waals surface area (Å²) in [5.74, 6) is 0.222. The van der Waals surface area contributed by atoms with Crippen LogP contribution in [0.4, 0.5) is 11.4 Å². The van der Waals surface area contributed by atoms with Crippen LogP contribution in [0.25, 0.3) is 33.4 Å². The van der Waals surface area contributed by atoms with Gasteiger partial charge in [-0.1, -0.05) is 89.2 Å². The number of rotatable bonds is 38. The number of hydrogen-bond acceptors (Lipinski definition) is 17. The summed E-state index contributed by atoms with van der Waals surface area (Å²) in [4.78, 5) is 63.9. The average Bonchev–Trinajstić information content (AvgIpc) is 1.60. The number of isothiocyanates is 1. The van der Waals surface area contributed by atoms with Crippen molar-refractivity contribution in [1.29, 1.82) is 0 Å². The Balaban J connectivity index is 0.000000260. The number of sulfonamides is 1. The maximum absolute atomic E-state index is 13.4. The van der Waals surface area contributed by atoms with Gasteiger partial charge in [-0.3, -0.25) is 14.1 Å². The number of nitrogens with zero attached hydrogens (tertiary/aromatic N) is 4. The minimum atomic E-state index is -4.94. The van der Waals surface area contributed by atoms with Gasteiger partial charge in [0.05, 0.1) is 33.9 Å². The van der Waals surface area contributed by atoms with E-state index < -0.39 is 36.6 Å². The van der Waals surface area contributed by atoms with E-state index in [1.807, 2.05) is 36.4 Å². The van der Waals surface area contributed by atoms with E-state index in [0.29, 0.717) is 99.8 Å². The molecule has 1 spiro atoms. The van der Waals surface area contributed by atoms with Gasteiger partial charge in [-0.25, -0.2) is 26.9 Å². The zero-order chi connectivity index (χ0) is 72.4. The molecule has 0 atom stereocenters. The van der Waals surface area contributed by atoms with Crippen molar-refractivity contribution in [2.24, 2.45) is 9.36 Å². The molecular weight excluding hydrogens is 1350 g/mol. The van der Waals surface area contributed by atoms with E-state index in [1.165, 1.54) is 55.7 Å². The number of unbranched alkanes of at least 4 members (excludes halogenated alkanes) is 16. The first-order chi connectivity index (χ1) is 48.8. The summed E-state index contributed by atoms with van der Waals surface area (Å²) in [5, 5.41) is 30.2. The molecule has 25 heteroatoms. The molecule has 5 aromatic carbocycles. The van der Waals surface area contributed by atoms with Gasteiger partial charge < -0.3 is 49.2 Å². The number of hydrogen-bond donors (Lipinski definition) is 6. The number of carbonyl (C=O) groups excluding carboxylic acids is 5. The third kappa shape index (κ3) is 20.9. The molecule has 0 aromatic heterocycles. The molecule has 5 aromatic rings. The smallest absolute Gasteiger partial charge is 0.340 e. The Morgan fingerprint density at radius 1 is 0.624 bits per heavy atom. The minimum Gasteiger partial charge on any atom is -0.508 e. The predicted octanol–water partition coefficient (Wildman–Crippen LogP) is 13.3. The number of amides is 2. The fraction of sp³-hybridized carbons (Fsp3) is 0.434. The lowest BCUT2D eigenvalue weighted by Crippen LogP contribution is -2.32.